The van der Waals surface area contributed by atoms with E-state index in [0.717, 1.165) is 11.1 Å². The predicted molar refractivity (Wildman–Crippen MR) is 81.1 cm³/mol. The van der Waals surface area contributed by atoms with Gasteiger partial charge in [-0.3, -0.25) is 14.2 Å². The standard InChI is InChI=1S/C14H24N4O3/c1-6-15-7-10(2)12(19)16(3)8-11-9-17(4)14(21)18(5)13(11)20/h9-10,15H,6-8H2,1-5H3. The Morgan fingerprint density at radius 1 is 1.38 bits per heavy atom. The quantitative estimate of drug-likeness (QED) is 0.752. The van der Waals surface area contributed by atoms with Crippen LogP contribution < -0.4 is 16.6 Å². The maximum atomic E-state index is 12.2. The van der Waals surface area contributed by atoms with Gasteiger partial charge in [0.2, 0.25) is 5.91 Å². The Kier molecular flexibility index (Phi) is 5.90. The maximum absolute atomic E-state index is 12.2. The number of rotatable bonds is 6. The number of carbonyl (C=O) groups excluding carboxylic acids is 1. The Morgan fingerprint density at radius 2 is 2.00 bits per heavy atom. The molecule has 0 bridgehead atoms. The molecule has 0 aliphatic rings. The zero-order chi connectivity index (χ0) is 16.2. The first-order chi connectivity index (χ1) is 9.79. The number of nitrogens with one attached hydrogen (secondary N) is 1. The zero-order valence-corrected chi connectivity index (χ0v) is 13.3. The second-order valence-corrected chi connectivity index (χ2v) is 5.32. The number of aromatic nitrogens is 2. The van der Waals surface area contributed by atoms with Crippen molar-refractivity contribution in [2.45, 2.75) is 20.4 Å². The monoisotopic (exact) mass is 296 g/mol. The summed E-state index contributed by atoms with van der Waals surface area (Å²) in [5, 5.41) is 3.13. The van der Waals surface area contributed by atoms with Crippen LogP contribution in [0.4, 0.5) is 0 Å². The van der Waals surface area contributed by atoms with Crippen molar-refractivity contribution in [3.63, 3.8) is 0 Å². The van der Waals surface area contributed by atoms with E-state index in [0.29, 0.717) is 12.1 Å². The van der Waals surface area contributed by atoms with Crippen molar-refractivity contribution in [3.8, 4) is 0 Å². The van der Waals surface area contributed by atoms with Crippen molar-refractivity contribution in [2.75, 3.05) is 20.1 Å². The van der Waals surface area contributed by atoms with E-state index in [2.05, 4.69) is 5.32 Å². The molecule has 118 valence electrons. The normalized spacial score (nSPS) is 12.2. The molecule has 0 radical (unpaired) electrons. The van der Waals surface area contributed by atoms with Crippen molar-refractivity contribution in [2.24, 2.45) is 20.0 Å². The van der Waals surface area contributed by atoms with Crippen LogP contribution in [0.3, 0.4) is 0 Å². The zero-order valence-electron chi connectivity index (χ0n) is 13.3. The third-order valence-corrected chi connectivity index (χ3v) is 3.42. The number of aryl methyl sites for hydroxylation is 1. The van der Waals surface area contributed by atoms with Crippen molar-refractivity contribution in [1.82, 2.24) is 19.4 Å². The molecule has 0 aromatic carbocycles. The molecule has 1 aromatic heterocycles. The summed E-state index contributed by atoms with van der Waals surface area (Å²) in [4.78, 5) is 37.4. The van der Waals surface area contributed by atoms with E-state index in [4.69, 9.17) is 0 Å². The van der Waals surface area contributed by atoms with E-state index in [1.807, 2.05) is 13.8 Å². The molecule has 0 saturated carbocycles. The molecule has 7 nitrogen and oxygen atoms in total. The lowest BCUT2D eigenvalue weighted by Gasteiger charge is -2.21. The molecular formula is C14H24N4O3. The Labute approximate surface area is 124 Å². The van der Waals surface area contributed by atoms with Crippen LogP contribution in [0, 0.1) is 5.92 Å². The summed E-state index contributed by atoms with van der Waals surface area (Å²) >= 11 is 0. The molecule has 0 saturated heterocycles. The molecular weight excluding hydrogens is 272 g/mol. The van der Waals surface area contributed by atoms with Crippen LogP contribution in [0.2, 0.25) is 0 Å². The van der Waals surface area contributed by atoms with Crippen LogP contribution >= 0.6 is 0 Å². The van der Waals surface area contributed by atoms with Gasteiger partial charge in [0.25, 0.3) is 5.56 Å². The highest BCUT2D eigenvalue weighted by molar-refractivity contribution is 5.78. The van der Waals surface area contributed by atoms with Gasteiger partial charge >= 0.3 is 5.69 Å². The second-order valence-electron chi connectivity index (χ2n) is 5.32. The first-order valence-electron chi connectivity index (χ1n) is 7.00. The molecule has 7 heteroatoms. The number of hydrogen-bond acceptors (Lipinski definition) is 4. The average molecular weight is 296 g/mol. The lowest BCUT2D eigenvalue weighted by molar-refractivity contribution is -0.134. The smallest absolute Gasteiger partial charge is 0.330 e. The summed E-state index contributed by atoms with van der Waals surface area (Å²) in [5.74, 6) is -0.196. The highest BCUT2D eigenvalue weighted by Crippen LogP contribution is 2.03. The van der Waals surface area contributed by atoms with Crippen LogP contribution in [-0.4, -0.2) is 40.1 Å². The summed E-state index contributed by atoms with van der Waals surface area (Å²) in [6.07, 6.45) is 1.49. The van der Waals surface area contributed by atoms with Crippen LogP contribution in [0.25, 0.3) is 0 Å². The molecule has 0 spiro atoms. The lowest BCUT2D eigenvalue weighted by Crippen LogP contribution is -2.42. The first-order valence-corrected chi connectivity index (χ1v) is 7.00. The van der Waals surface area contributed by atoms with Crippen LogP contribution in [0.5, 0.6) is 0 Å². The molecule has 1 unspecified atom stereocenters. The fourth-order valence-corrected chi connectivity index (χ4v) is 2.15. The third-order valence-electron chi connectivity index (χ3n) is 3.42. The van der Waals surface area contributed by atoms with Crippen molar-refractivity contribution < 1.29 is 4.79 Å². The van der Waals surface area contributed by atoms with Gasteiger partial charge in [-0.2, -0.15) is 0 Å². The fraction of sp³-hybridized carbons (Fsp3) is 0.643. The summed E-state index contributed by atoms with van der Waals surface area (Å²) in [5.41, 5.74) is -0.318. The van der Waals surface area contributed by atoms with Crippen molar-refractivity contribution in [3.05, 3.63) is 32.6 Å². The Balaban J connectivity index is 2.89. The summed E-state index contributed by atoms with van der Waals surface area (Å²) in [7, 11) is 4.68. The molecule has 1 heterocycles. The van der Waals surface area contributed by atoms with Gasteiger partial charge in [-0.15, -0.1) is 0 Å². The van der Waals surface area contributed by atoms with Crippen molar-refractivity contribution in [1.29, 1.82) is 0 Å². The molecule has 0 fully saturated rings. The highest BCUT2D eigenvalue weighted by atomic mass is 16.2. The largest absolute Gasteiger partial charge is 0.341 e. The van der Waals surface area contributed by atoms with Gasteiger partial charge in [-0.05, 0) is 6.54 Å². The topological polar surface area (TPSA) is 76.3 Å². The maximum Gasteiger partial charge on any atom is 0.330 e. The highest BCUT2D eigenvalue weighted by Gasteiger charge is 2.18. The molecule has 1 N–H and O–H groups in total. The SMILES string of the molecule is CCNCC(C)C(=O)N(C)Cc1cn(C)c(=O)n(C)c1=O. The minimum atomic E-state index is -0.377. The van der Waals surface area contributed by atoms with Crippen molar-refractivity contribution >= 4 is 5.91 Å². The second kappa shape index (κ2) is 7.21. The number of carbonyl (C=O) groups is 1. The molecule has 1 atom stereocenters. The Morgan fingerprint density at radius 3 is 2.57 bits per heavy atom. The predicted octanol–water partition coefficient (Wildman–Crippen LogP) is -0.712. The minimum Gasteiger partial charge on any atom is -0.341 e. The molecule has 1 rings (SSSR count). The van der Waals surface area contributed by atoms with Gasteiger partial charge in [-0.1, -0.05) is 13.8 Å². The fourth-order valence-electron chi connectivity index (χ4n) is 2.15. The summed E-state index contributed by atoms with van der Waals surface area (Å²) in [6.45, 7) is 5.43. The molecule has 1 aromatic rings. The third kappa shape index (κ3) is 4.04. The minimum absolute atomic E-state index is 0.0353. The van der Waals surface area contributed by atoms with Gasteiger partial charge in [-0.25, -0.2) is 4.79 Å². The van der Waals surface area contributed by atoms with Gasteiger partial charge in [0.1, 0.15) is 0 Å². The van der Waals surface area contributed by atoms with E-state index in [9.17, 15) is 14.4 Å². The Bertz CT molecular complexity index is 618. The number of nitrogens with zero attached hydrogens (tertiary/aromatic N) is 3. The molecule has 0 aliphatic carbocycles. The first kappa shape index (κ1) is 17.2. The van der Waals surface area contributed by atoms with Gasteiger partial charge < -0.3 is 14.8 Å². The molecule has 1 amide bonds. The number of hydrogen-bond donors (Lipinski definition) is 1. The van der Waals surface area contributed by atoms with Crippen LogP contribution in [0.1, 0.15) is 19.4 Å². The summed E-state index contributed by atoms with van der Waals surface area (Å²) < 4.78 is 2.40. The van der Waals surface area contributed by atoms with E-state index < -0.39 is 0 Å². The molecule has 21 heavy (non-hydrogen) atoms. The van der Waals surface area contributed by atoms with Crippen LogP contribution in [-0.2, 0) is 25.4 Å². The number of amides is 1. The average Bonchev–Trinajstić information content (AvgIpc) is 2.47. The van der Waals surface area contributed by atoms with Gasteiger partial charge in [0.05, 0.1) is 12.1 Å². The van der Waals surface area contributed by atoms with Crippen LogP contribution in [0.15, 0.2) is 15.8 Å². The lowest BCUT2D eigenvalue weighted by atomic mass is 10.1. The van der Waals surface area contributed by atoms with Gasteiger partial charge in [0, 0.05) is 39.8 Å². The van der Waals surface area contributed by atoms with E-state index in [1.165, 1.54) is 22.7 Å². The van der Waals surface area contributed by atoms with E-state index in [-0.39, 0.29) is 29.6 Å². The van der Waals surface area contributed by atoms with Gasteiger partial charge in [0.15, 0.2) is 0 Å². The van der Waals surface area contributed by atoms with E-state index in [1.54, 1.807) is 14.1 Å². The Hall–Kier alpha value is -1.89. The summed E-state index contributed by atoms with van der Waals surface area (Å²) in [6, 6.07) is 0. The van der Waals surface area contributed by atoms with E-state index >= 15 is 0 Å². The molecule has 0 aliphatic heterocycles.